The summed E-state index contributed by atoms with van der Waals surface area (Å²) in [5, 5.41) is 9.21. The molecule has 4 heteroatoms. The largest absolute Gasteiger partial charge is 0.486 e. The van der Waals surface area contributed by atoms with Crippen LogP contribution in [0.25, 0.3) is 0 Å². The molecule has 1 N–H and O–H groups in total. The van der Waals surface area contributed by atoms with E-state index in [4.69, 9.17) is 4.74 Å². The molecule has 0 aromatic heterocycles. The number of carbonyl (C=O) groups excluding carboxylic acids is 1. The van der Waals surface area contributed by atoms with Crippen molar-refractivity contribution < 1.29 is 19.4 Å². The highest BCUT2D eigenvalue weighted by Gasteiger charge is 2.34. The van der Waals surface area contributed by atoms with Gasteiger partial charge in [0.15, 0.2) is 5.78 Å². The van der Waals surface area contributed by atoms with E-state index in [0.717, 1.165) is 11.1 Å². The van der Waals surface area contributed by atoms with Crippen LogP contribution in [0.4, 0.5) is 0 Å². The second-order valence-electron chi connectivity index (χ2n) is 6.26. The lowest BCUT2D eigenvalue weighted by molar-refractivity contribution is 0.0614. The number of Topliss-reactive ketones (excluding diaryl/α,β-unsaturated/α-hetero) is 1. The number of ether oxygens (including phenoxy) is 1. The zero-order valence-electron chi connectivity index (χ0n) is 12.8. The fourth-order valence-corrected chi connectivity index (χ4v) is 2.40. The molecule has 1 aliphatic heterocycles. The van der Waals surface area contributed by atoms with Crippen molar-refractivity contribution in [3.05, 3.63) is 40.5 Å². The Hall–Kier alpha value is -2.10. The van der Waals surface area contributed by atoms with Crippen LogP contribution in [0.15, 0.2) is 23.8 Å². The highest BCUT2D eigenvalue weighted by molar-refractivity contribution is 6.03. The van der Waals surface area contributed by atoms with Gasteiger partial charge < -0.3 is 9.84 Å². The van der Waals surface area contributed by atoms with Crippen LogP contribution in [0.1, 0.15) is 60.4 Å². The standard InChI is InChI=1S/C17H20O4/c1-10(2)5-6-11-7-12(16(19)20)8-13-14(18)9-17(3,4)21-15(11)13/h5,7-8H,6,9H2,1-4H3,(H,19,20). The number of aromatic carboxylic acids is 1. The van der Waals surface area contributed by atoms with E-state index in [1.165, 1.54) is 6.07 Å². The fraction of sp³-hybridized carbons (Fsp3) is 0.412. The molecule has 0 atom stereocenters. The van der Waals surface area contributed by atoms with Gasteiger partial charge in [0, 0.05) is 0 Å². The highest BCUT2D eigenvalue weighted by Crippen LogP contribution is 2.37. The summed E-state index contributed by atoms with van der Waals surface area (Å²) >= 11 is 0. The van der Waals surface area contributed by atoms with Gasteiger partial charge in [0.1, 0.15) is 11.4 Å². The van der Waals surface area contributed by atoms with Gasteiger partial charge in [-0.3, -0.25) is 4.79 Å². The van der Waals surface area contributed by atoms with E-state index >= 15 is 0 Å². The number of carboxylic acid groups (broad SMARTS) is 1. The van der Waals surface area contributed by atoms with E-state index < -0.39 is 11.6 Å². The first kappa shape index (κ1) is 15.3. The number of hydrogen-bond acceptors (Lipinski definition) is 3. The Balaban J connectivity index is 2.59. The third-order valence-corrected chi connectivity index (χ3v) is 3.41. The maximum absolute atomic E-state index is 12.3. The first-order chi connectivity index (χ1) is 9.69. The Morgan fingerprint density at radius 1 is 1.38 bits per heavy atom. The number of benzene rings is 1. The molecule has 1 heterocycles. The zero-order chi connectivity index (χ0) is 15.8. The molecule has 4 nitrogen and oxygen atoms in total. The Labute approximate surface area is 124 Å². The van der Waals surface area contributed by atoms with Gasteiger partial charge in [0.25, 0.3) is 0 Å². The van der Waals surface area contributed by atoms with Crippen LogP contribution in [-0.4, -0.2) is 22.5 Å². The van der Waals surface area contributed by atoms with E-state index in [0.29, 0.717) is 17.7 Å². The second kappa shape index (κ2) is 5.35. The Morgan fingerprint density at radius 3 is 2.62 bits per heavy atom. The quantitative estimate of drug-likeness (QED) is 0.862. The molecule has 0 unspecified atom stereocenters. The average Bonchev–Trinajstić information content (AvgIpc) is 2.34. The Kier molecular flexibility index (Phi) is 3.90. The number of ketones is 1. The van der Waals surface area contributed by atoms with Crippen molar-refractivity contribution >= 4 is 11.8 Å². The van der Waals surface area contributed by atoms with Crippen LogP contribution in [-0.2, 0) is 6.42 Å². The summed E-state index contributed by atoms with van der Waals surface area (Å²) in [7, 11) is 0. The van der Waals surface area contributed by atoms with Crippen molar-refractivity contribution in [2.75, 3.05) is 0 Å². The lowest BCUT2D eigenvalue weighted by atomic mass is 9.89. The molecule has 0 aliphatic carbocycles. The molecule has 0 spiro atoms. The van der Waals surface area contributed by atoms with Gasteiger partial charge in [-0.25, -0.2) is 4.79 Å². The fourth-order valence-electron chi connectivity index (χ4n) is 2.40. The topological polar surface area (TPSA) is 63.6 Å². The highest BCUT2D eigenvalue weighted by atomic mass is 16.5. The molecule has 0 amide bonds. The van der Waals surface area contributed by atoms with Crippen LogP contribution < -0.4 is 4.74 Å². The van der Waals surface area contributed by atoms with E-state index in [1.807, 2.05) is 33.8 Å². The van der Waals surface area contributed by atoms with E-state index in [2.05, 4.69) is 0 Å². The van der Waals surface area contributed by atoms with Crippen molar-refractivity contribution in [3.8, 4) is 5.75 Å². The summed E-state index contributed by atoms with van der Waals surface area (Å²) in [5.74, 6) is -0.574. The van der Waals surface area contributed by atoms with Crippen molar-refractivity contribution in [3.63, 3.8) is 0 Å². The molecular formula is C17H20O4. The van der Waals surface area contributed by atoms with Gasteiger partial charge in [0.2, 0.25) is 0 Å². The Bertz CT molecular complexity index is 634. The van der Waals surface area contributed by atoms with E-state index in [1.54, 1.807) is 6.07 Å². The van der Waals surface area contributed by atoms with Crippen LogP contribution in [0.5, 0.6) is 5.75 Å². The van der Waals surface area contributed by atoms with Gasteiger partial charge >= 0.3 is 5.97 Å². The summed E-state index contributed by atoms with van der Waals surface area (Å²) in [6.45, 7) is 7.68. The number of allylic oxidation sites excluding steroid dienone is 2. The molecule has 21 heavy (non-hydrogen) atoms. The molecular weight excluding hydrogens is 268 g/mol. The lowest BCUT2D eigenvalue weighted by Gasteiger charge is -2.33. The molecule has 2 rings (SSSR count). The molecule has 1 aromatic rings. The molecule has 0 bridgehead atoms. The third kappa shape index (κ3) is 3.32. The van der Waals surface area contributed by atoms with Crippen molar-refractivity contribution in [1.82, 2.24) is 0 Å². The summed E-state index contributed by atoms with van der Waals surface area (Å²) in [5.41, 5.74) is 1.82. The maximum atomic E-state index is 12.3. The lowest BCUT2D eigenvalue weighted by Crippen LogP contribution is -2.36. The van der Waals surface area contributed by atoms with Gasteiger partial charge in [-0.05, 0) is 51.8 Å². The summed E-state index contributed by atoms with van der Waals surface area (Å²) < 4.78 is 5.94. The summed E-state index contributed by atoms with van der Waals surface area (Å²) in [6, 6.07) is 3.01. The Morgan fingerprint density at radius 2 is 2.05 bits per heavy atom. The van der Waals surface area contributed by atoms with Crippen LogP contribution in [0.2, 0.25) is 0 Å². The van der Waals surface area contributed by atoms with Crippen LogP contribution in [0.3, 0.4) is 0 Å². The molecule has 0 saturated heterocycles. The summed E-state index contributed by atoms with van der Waals surface area (Å²) in [6.07, 6.45) is 2.80. The summed E-state index contributed by atoms with van der Waals surface area (Å²) in [4.78, 5) is 23.5. The van der Waals surface area contributed by atoms with Gasteiger partial charge in [0.05, 0.1) is 17.5 Å². The number of hydrogen-bond donors (Lipinski definition) is 1. The monoisotopic (exact) mass is 288 g/mol. The first-order valence-corrected chi connectivity index (χ1v) is 6.95. The van der Waals surface area contributed by atoms with Gasteiger partial charge in [-0.2, -0.15) is 0 Å². The van der Waals surface area contributed by atoms with Crippen molar-refractivity contribution in [2.45, 2.75) is 46.1 Å². The minimum atomic E-state index is -1.03. The van der Waals surface area contributed by atoms with Gasteiger partial charge in [-0.15, -0.1) is 0 Å². The normalized spacial score (nSPS) is 15.9. The predicted molar refractivity (Wildman–Crippen MR) is 80.2 cm³/mol. The third-order valence-electron chi connectivity index (χ3n) is 3.41. The van der Waals surface area contributed by atoms with Crippen molar-refractivity contribution in [2.24, 2.45) is 0 Å². The number of fused-ring (bicyclic) bond motifs is 1. The molecule has 1 aliphatic rings. The van der Waals surface area contributed by atoms with Crippen LogP contribution >= 0.6 is 0 Å². The molecule has 1 aromatic carbocycles. The first-order valence-electron chi connectivity index (χ1n) is 6.95. The molecule has 0 saturated carbocycles. The SMILES string of the molecule is CC(C)=CCc1cc(C(=O)O)cc2c1OC(C)(C)CC2=O. The number of carboxylic acids is 1. The van der Waals surface area contributed by atoms with Gasteiger partial charge in [-0.1, -0.05) is 11.6 Å². The smallest absolute Gasteiger partial charge is 0.335 e. The average molecular weight is 288 g/mol. The number of carbonyl (C=O) groups is 2. The molecule has 0 fully saturated rings. The minimum Gasteiger partial charge on any atom is -0.486 e. The molecule has 0 radical (unpaired) electrons. The second-order valence-corrected chi connectivity index (χ2v) is 6.26. The number of rotatable bonds is 3. The predicted octanol–water partition coefficient (Wildman–Crippen LogP) is 3.64. The zero-order valence-corrected chi connectivity index (χ0v) is 12.8. The molecule has 112 valence electrons. The van der Waals surface area contributed by atoms with Crippen molar-refractivity contribution in [1.29, 1.82) is 0 Å². The van der Waals surface area contributed by atoms with Crippen LogP contribution in [0, 0.1) is 0 Å². The minimum absolute atomic E-state index is 0.0669. The van der Waals surface area contributed by atoms with E-state index in [9.17, 15) is 14.7 Å². The maximum Gasteiger partial charge on any atom is 0.335 e. The van der Waals surface area contributed by atoms with E-state index in [-0.39, 0.29) is 17.8 Å².